The van der Waals surface area contributed by atoms with E-state index in [2.05, 4.69) is 10.3 Å². The maximum Gasteiger partial charge on any atom is 0.254 e. The van der Waals surface area contributed by atoms with Crippen LogP contribution >= 0.6 is 0 Å². The molecular formula is C14H15N3O2. The lowest BCUT2D eigenvalue weighted by molar-refractivity contribution is -0.119. The first-order chi connectivity index (χ1) is 9.16. The molecule has 0 saturated carbocycles. The second-order valence-corrected chi connectivity index (χ2v) is 4.25. The third-order valence-electron chi connectivity index (χ3n) is 2.72. The fourth-order valence-electron chi connectivity index (χ4n) is 1.86. The Labute approximate surface area is 111 Å². The van der Waals surface area contributed by atoms with Crippen molar-refractivity contribution in [1.29, 1.82) is 0 Å². The molecule has 5 nitrogen and oxygen atoms in total. The first-order valence-corrected chi connectivity index (χ1v) is 6.00. The minimum atomic E-state index is -0.589. The zero-order chi connectivity index (χ0) is 13.7. The van der Waals surface area contributed by atoms with E-state index in [9.17, 15) is 9.59 Å². The Bertz CT molecular complexity index is 549. The SMILES string of the molecule is CC(=O)N[C@@H](Cc1ccccc1)C(=O)n1ccnc1. The van der Waals surface area contributed by atoms with Gasteiger partial charge in [-0.15, -0.1) is 0 Å². The number of hydrogen-bond acceptors (Lipinski definition) is 3. The molecule has 1 aromatic heterocycles. The Morgan fingerprint density at radius 1 is 1.32 bits per heavy atom. The van der Waals surface area contributed by atoms with Gasteiger partial charge in [-0.1, -0.05) is 30.3 Å². The van der Waals surface area contributed by atoms with Crippen LogP contribution in [0.5, 0.6) is 0 Å². The van der Waals surface area contributed by atoms with E-state index in [1.165, 1.54) is 24.0 Å². The average molecular weight is 257 g/mol. The summed E-state index contributed by atoms with van der Waals surface area (Å²) in [6, 6.07) is 8.98. The van der Waals surface area contributed by atoms with E-state index < -0.39 is 6.04 Å². The quantitative estimate of drug-likeness (QED) is 0.897. The van der Waals surface area contributed by atoms with Gasteiger partial charge in [0.1, 0.15) is 12.4 Å². The molecule has 0 saturated heterocycles. The highest BCUT2D eigenvalue weighted by Gasteiger charge is 2.21. The lowest BCUT2D eigenvalue weighted by Crippen LogP contribution is -2.43. The molecule has 1 amide bonds. The van der Waals surface area contributed by atoms with Gasteiger partial charge in [0.25, 0.3) is 5.91 Å². The monoisotopic (exact) mass is 257 g/mol. The van der Waals surface area contributed by atoms with Crippen LogP contribution in [0, 0.1) is 0 Å². The summed E-state index contributed by atoms with van der Waals surface area (Å²) in [4.78, 5) is 27.3. The largest absolute Gasteiger partial charge is 0.344 e. The van der Waals surface area contributed by atoms with E-state index in [-0.39, 0.29) is 11.8 Å². The van der Waals surface area contributed by atoms with E-state index in [0.29, 0.717) is 6.42 Å². The Morgan fingerprint density at radius 2 is 2.05 bits per heavy atom. The molecule has 1 heterocycles. The maximum atomic E-state index is 12.3. The summed E-state index contributed by atoms with van der Waals surface area (Å²) in [6.45, 7) is 1.40. The van der Waals surface area contributed by atoms with Crippen molar-refractivity contribution in [3.05, 3.63) is 54.6 Å². The highest BCUT2D eigenvalue weighted by molar-refractivity contribution is 5.88. The smallest absolute Gasteiger partial charge is 0.254 e. The van der Waals surface area contributed by atoms with E-state index in [1.807, 2.05) is 30.3 Å². The zero-order valence-corrected chi connectivity index (χ0v) is 10.6. The van der Waals surface area contributed by atoms with Gasteiger partial charge in [-0.05, 0) is 5.56 Å². The van der Waals surface area contributed by atoms with Crippen LogP contribution in [-0.2, 0) is 11.2 Å². The lowest BCUT2D eigenvalue weighted by Gasteiger charge is -2.16. The van der Waals surface area contributed by atoms with Gasteiger partial charge in [-0.3, -0.25) is 14.2 Å². The van der Waals surface area contributed by atoms with Gasteiger partial charge < -0.3 is 5.32 Å². The van der Waals surface area contributed by atoms with Crippen LogP contribution < -0.4 is 5.32 Å². The molecule has 0 fully saturated rings. The number of carbonyl (C=O) groups is 2. The van der Waals surface area contributed by atoms with Gasteiger partial charge >= 0.3 is 0 Å². The molecule has 5 heteroatoms. The van der Waals surface area contributed by atoms with Gasteiger partial charge in [0.05, 0.1) is 0 Å². The molecule has 0 unspecified atom stereocenters. The number of aromatic nitrogens is 2. The maximum absolute atomic E-state index is 12.3. The van der Waals surface area contributed by atoms with Crippen LogP contribution in [0.1, 0.15) is 17.3 Å². The summed E-state index contributed by atoms with van der Waals surface area (Å²) in [5, 5.41) is 2.68. The Morgan fingerprint density at radius 3 is 2.63 bits per heavy atom. The molecule has 98 valence electrons. The average Bonchev–Trinajstić information content (AvgIpc) is 2.91. The predicted octanol–water partition coefficient (Wildman–Crippen LogP) is 1.27. The lowest BCUT2D eigenvalue weighted by atomic mass is 10.1. The standard InChI is InChI=1S/C14H15N3O2/c1-11(18)16-13(9-12-5-3-2-4-6-12)14(19)17-8-7-15-10-17/h2-8,10,13H,9H2,1H3,(H,16,18)/t13-/m0/s1. The van der Waals surface area contributed by atoms with E-state index in [0.717, 1.165) is 5.56 Å². The van der Waals surface area contributed by atoms with Crippen molar-refractivity contribution < 1.29 is 9.59 Å². The number of carbonyl (C=O) groups excluding carboxylic acids is 2. The van der Waals surface area contributed by atoms with Crippen LogP contribution in [0.3, 0.4) is 0 Å². The van der Waals surface area contributed by atoms with Crippen LogP contribution in [0.2, 0.25) is 0 Å². The summed E-state index contributed by atoms with van der Waals surface area (Å²) in [6.07, 6.45) is 4.99. The fourth-order valence-corrected chi connectivity index (χ4v) is 1.86. The second-order valence-electron chi connectivity index (χ2n) is 4.25. The summed E-state index contributed by atoms with van der Waals surface area (Å²) in [7, 11) is 0. The number of benzene rings is 1. The van der Waals surface area contributed by atoms with Crippen molar-refractivity contribution in [2.75, 3.05) is 0 Å². The fraction of sp³-hybridized carbons (Fsp3) is 0.214. The van der Waals surface area contributed by atoms with Gasteiger partial charge in [-0.25, -0.2) is 4.98 Å². The molecule has 1 N–H and O–H groups in total. The number of amides is 1. The highest BCUT2D eigenvalue weighted by Crippen LogP contribution is 2.05. The molecule has 0 aliphatic heterocycles. The molecule has 2 rings (SSSR count). The van der Waals surface area contributed by atoms with Crippen molar-refractivity contribution in [1.82, 2.24) is 14.9 Å². The van der Waals surface area contributed by atoms with Gasteiger partial charge in [-0.2, -0.15) is 0 Å². The minimum absolute atomic E-state index is 0.198. The molecule has 19 heavy (non-hydrogen) atoms. The van der Waals surface area contributed by atoms with Gasteiger partial charge in [0.15, 0.2) is 0 Å². The third kappa shape index (κ3) is 3.51. The number of rotatable bonds is 4. The minimum Gasteiger partial charge on any atom is -0.344 e. The first kappa shape index (κ1) is 13.0. The van der Waals surface area contributed by atoms with Crippen LogP contribution in [-0.4, -0.2) is 27.4 Å². The molecule has 1 atom stereocenters. The van der Waals surface area contributed by atoms with E-state index in [1.54, 1.807) is 6.20 Å². The molecule has 0 aliphatic rings. The number of nitrogens with zero attached hydrogens (tertiary/aromatic N) is 2. The van der Waals surface area contributed by atoms with Crippen LogP contribution in [0.25, 0.3) is 0 Å². The Kier molecular flexibility index (Phi) is 4.07. The number of hydrogen-bond donors (Lipinski definition) is 1. The molecule has 2 aromatic rings. The van der Waals surface area contributed by atoms with Crippen LogP contribution in [0.15, 0.2) is 49.1 Å². The van der Waals surface area contributed by atoms with Gasteiger partial charge in [0, 0.05) is 25.7 Å². The van der Waals surface area contributed by atoms with E-state index >= 15 is 0 Å². The van der Waals surface area contributed by atoms with Crippen LogP contribution in [0.4, 0.5) is 0 Å². The molecule has 0 bridgehead atoms. The molecule has 1 aromatic carbocycles. The first-order valence-electron chi connectivity index (χ1n) is 6.00. The van der Waals surface area contributed by atoms with E-state index in [4.69, 9.17) is 0 Å². The molecular weight excluding hydrogens is 242 g/mol. The summed E-state index contributed by atoms with van der Waals surface area (Å²) < 4.78 is 1.38. The molecule has 0 radical (unpaired) electrons. The number of imidazole rings is 1. The second kappa shape index (κ2) is 5.95. The van der Waals surface area contributed by atoms with Crippen molar-refractivity contribution in [2.45, 2.75) is 19.4 Å². The Hall–Kier alpha value is -2.43. The summed E-state index contributed by atoms with van der Waals surface area (Å²) in [5.41, 5.74) is 0.995. The van der Waals surface area contributed by atoms with Crippen molar-refractivity contribution >= 4 is 11.8 Å². The van der Waals surface area contributed by atoms with Gasteiger partial charge in [0.2, 0.25) is 5.91 Å². The normalized spacial score (nSPS) is 11.8. The zero-order valence-electron chi connectivity index (χ0n) is 10.6. The molecule has 0 spiro atoms. The van der Waals surface area contributed by atoms with Crippen molar-refractivity contribution in [2.24, 2.45) is 0 Å². The molecule has 0 aliphatic carbocycles. The highest BCUT2D eigenvalue weighted by atomic mass is 16.2. The third-order valence-corrected chi connectivity index (χ3v) is 2.72. The predicted molar refractivity (Wildman–Crippen MR) is 70.6 cm³/mol. The number of nitrogens with one attached hydrogen (secondary N) is 1. The Balaban J connectivity index is 2.16. The van der Waals surface area contributed by atoms with Crippen molar-refractivity contribution in [3.8, 4) is 0 Å². The topological polar surface area (TPSA) is 64.0 Å². The summed E-state index contributed by atoms with van der Waals surface area (Å²) >= 11 is 0. The summed E-state index contributed by atoms with van der Waals surface area (Å²) in [5.74, 6) is -0.425. The van der Waals surface area contributed by atoms with Crippen molar-refractivity contribution in [3.63, 3.8) is 0 Å².